The fourth-order valence-electron chi connectivity index (χ4n) is 6.63. The second-order valence-electron chi connectivity index (χ2n) is 14.7. The maximum atomic E-state index is 2.51. The Hall–Kier alpha value is 0.250. The van der Waals surface area contributed by atoms with Gasteiger partial charge in [-0.1, -0.05) is 200 Å². The standard InChI is InChI=1S/C40H84N.ClH/c1-6-8-10-12-14-16-18-20-22-24-26-28-30-32-34-36-38-40(3)41(4,5)39-37-35-33-31-29-27-25-23-21-19-17-15-13-11-9-7-2;/h40H,6-39H2,1-5H3;1H/q+1;/p-1. The Morgan fingerprint density at radius 3 is 0.810 bits per heavy atom. The van der Waals surface area contributed by atoms with Gasteiger partial charge < -0.3 is 16.9 Å². The van der Waals surface area contributed by atoms with Crippen molar-refractivity contribution in [2.75, 3.05) is 20.6 Å². The molecule has 42 heavy (non-hydrogen) atoms. The van der Waals surface area contributed by atoms with Gasteiger partial charge in [0.05, 0.1) is 26.7 Å². The van der Waals surface area contributed by atoms with Crippen molar-refractivity contribution in [1.82, 2.24) is 0 Å². The minimum Gasteiger partial charge on any atom is -1.00 e. The van der Waals surface area contributed by atoms with E-state index in [0.717, 1.165) is 6.04 Å². The van der Waals surface area contributed by atoms with Gasteiger partial charge in [-0.05, 0) is 32.6 Å². The van der Waals surface area contributed by atoms with Crippen molar-refractivity contribution < 1.29 is 16.9 Å². The number of rotatable bonds is 35. The molecular weight excluding hydrogens is 530 g/mol. The Kier molecular flexibility index (Phi) is 37.7. The molecule has 0 radical (unpaired) electrons. The summed E-state index contributed by atoms with van der Waals surface area (Å²) in [5.74, 6) is 0. The maximum Gasteiger partial charge on any atom is 0.0857 e. The molecule has 0 rings (SSSR count). The number of hydrogen-bond donors (Lipinski definition) is 0. The molecule has 2 heteroatoms. The third kappa shape index (κ3) is 33.1. The van der Waals surface area contributed by atoms with E-state index in [-0.39, 0.29) is 12.4 Å². The fraction of sp³-hybridized carbons (Fsp3) is 1.00. The van der Waals surface area contributed by atoms with Gasteiger partial charge >= 0.3 is 0 Å². The molecule has 0 aliphatic carbocycles. The van der Waals surface area contributed by atoms with Crippen molar-refractivity contribution in [2.24, 2.45) is 0 Å². The molecule has 256 valence electrons. The average molecular weight is 615 g/mol. The van der Waals surface area contributed by atoms with Gasteiger partial charge in [0.15, 0.2) is 0 Å². The van der Waals surface area contributed by atoms with E-state index in [9.17, 15) is 0 Å². The molecule has 0 saturated heterocycles. The molecule has 0 fully saturated rings. The lowest BCUT2D eigenvalue weighted by atomic mass is 10.0. The van der Waals surface area contributed by atoms with Crippen molar-refractivity contribution in [2.45, 2.75) is 239 Å². The maximum absolute atomic E-state index is 2.51. The zero-order chi connectivity index (χ0) is 30.1. The van der Waals surface area contributed by atoms with E-state index in [1.165, 1.54) is 223 Å². The summed E-state index contributed by atoms with van der Waals surface area (Å²) >= 11 is 0. The Bertz CT molecular complexity index is 476. The van der Waals surface area contributed by atoms with Crippen molar-refractivity contribution in [3.05, 3.63) is 0 Å². The topological polar surface area (TPSA) is 0 Å². The first kappa shape index (κ1) is 44.4. The molecule has 0 aliphatic rings. The summed E-state index contributed by atoms with van der Waals surface area (Å²) in [5, 5.41) is 0. The van der Waals surface area contributed by atoms with Crippen molar-refractivity contribution in [3.63, 3.8) is 0 Å². The van der Waals surface area contributed by atoms with Gasteiger partial charge in [-0.25, -0.2) is 0 Å². The number of unbranched alkanes of at least 4 members (excludes halogenated alkanes) is 30. The summed E-state index contributed by atoms with van der Waals surface area (Å²) in [6.45, 7) is 8.50. The zero-order valence-corrected chi connectivity index (χ0v) is 31.2. The first-order chi connectivity index (χ1) is 20.0. The average Bonchev–Trinajstić information content (AvgIpc) is 2.96. The third-order valence-corrected chi connectivity index (χ3v) is 10.3. The molecule has 0 spiro atoms. The molecule has 0 aromatic carbocycles. The van der Waals surface area contributed by atoms with Crippen molar-refractivity contribution in [1.29, 1.82) is 0 Å². The van der Waals surface area contributed by atoms with Crippen LogP contribution in [0.1, 0.15) is 233 Å². The second-order valence-corrected chi connectivity index (χ2v) is 14.7. The first-order valence-corrected chi connectivity index (χ1v) is 19.9. The highest BCUT2D eigenvalue weighted by molar-refractivity contribution is 4.56. The lowest BCUT2D eigenvalue weighted by molar-refractivity contribution is -0.913. The van der Waals surface area contributed by atoms with Crippen LogP contribution in [0.2, 0.25) is 0 Å². The predicted molar refractivity (Wildman–Crippen MR) is 190 cm³/mol. The smallest absolute Gasteiger partial charge is 0.0857 e. The third-order valence-electron chi connectivity index (χ3n) is 10.3. The van der Waals surface area contributed by atoms with Crippen LogP contribution in [0.25, 0.3) is 0 Å². The molecule has 0 aromatic rings. The molecular formula is C40H84ClN. The van der Waals surface area contributed by atoms with Gasteiger partial charge in [0, 0.05) is 0 Å². The van der Waals surface area contributed by atoms with E-state index in [4.69, 9.17) is 0 Å². The minimum absolute atomic E-state index is 0. The van der Waals surface area contributed by atoms with E-state index < -0.39 is 0 Å². The van der Waals surface area contributed by atoms with Gasteiger partial charge in [-0.15, -0.1) is 0 Å². The number of quaternary nitrogens is 1. The number of halogens is 1. The van der Waals surface area contributed by atoms with Crippen molar-refractivity contribution in [3.8, 4) is 0 Å². The largest absolute Gasteiger partial charge is 1.00 e. The van der Waals surface area contributed by atoms with Gasteiger partial charge in [0.2, 0.25) is 0 Å². The highest BCUT2D eigenvalue weighted by Gasteiger charge is 2.22. The van der Waals surface area contributed by atoms with Crippen LogP contribution in [-0.4, -0.2) is 31.2 Å². The van der Waals surface area contributed by atoms with Gasteiger partial charge in [0.25, 0.3) is 0 Å². The van der Waals surface area contributed by atoms with E-state index >= 15 is 0 Å². The summed E-state index contributed by atoms with van der Waals surface area (Å²) < 4.78 is 1.23. The van der Waals surface area contributed by atoms with E-state index in [2.05, 4.69) is 34.9 Å². The monoisotopic (exact) mass is 614 g/mol. The highest BCUT2D eigenvalue weighted by Crippen LogP contribution is 2.19. The Morgan fingerprint density at radius 1 is 0.333 bits per heavy atom. The lowest BCUT2D eigenvalue weighted by Crippen LogP contribution is -3.00. The molecule has 0 saturated carbocycles. The predicted octanol–water partition coefficient (Wildman–Crippen LogP) is 11.4. The van der Waals surface area contributed by atoms with E-state index in [0.29, 0.717) is 0 Å². The first-order valence-electron chi connectivity index (χ1n) is 19.9. The van der Waals surface area contributed by atoms with Crippen LogP contribution in [0.3, 0.4) is 0 Å². The number of nitrogens with zero attached hydrogens (tertiary/aromatic N) is 1. The van der Waals surface area contributed by atoms with Crippen LogP contribution in [0.4, 0.5) is 0 Å². The summed E-state index contributed by atoms with van der Waals surface area (Å²) in [6.07, 6.45) is 48.3. The summed E-state index contributed by atoms with van der Waals surface area (Å²) in [7, 11) is 4.98. The Labute approximate surface area is 275 Å². The van der Waals surface area contributed by atoms with Crippen molar-refractivity contribution >= 4 is 0 Å². The Balaban J connectivity index is 0. The normalized spacial score (nSPS) is 12.5. The van der Waals surface area contributed by atoms with Crippen LogP contribution in [0.15, 0.2) is 0 Å². The lowest BCUT2D eigenvalue weighted by Gasteiger charge is -2.36. The summed E-state index contributed by atoms with van der Waals surface area (Å²) in [4.78, 5) is 0. The molecule has 1 unspecified atom stereocenters. The van der Waals surface area contributed by atoms with Crippen LogP contribution in [0.5, 0.6) is 0 Å². The summed E-state index contributed by atoms with van der Waals surface area (Å²) in [5.41, 5.74) is 0. The van der Waals surface area contributed by atoms with Crippen LogP contribution in [-0.2, 0) is 0 Å². The Morgan fingerprint density at radius 2 is 0.548 bits per heavy atom. The van der Waals surface area contributed by atoms with Gasteiger partial charge in [-0.3, -0.25) is 0 Å². The molecule has 0 bridgehead atoms. The summed E-state index contributed by atoms with van der Waals surface area (Å²) in [6, 6.07) is 0.818. The molecule has 0 aliphatic heterocycles. The fourth-order valence-corrected chi connectivity index (χ4v) is 6.63. The zero-order valence-electron chi connectivity index (χ0n) is 30.4. The highest BCUT2D eigenvalue weighted by atomic mass is 35.5. The molecule has 0 aromatic heterocycles. The van der Waals surface area contributed by atoms with Crippen LogP contribution in [0, 0.1) is 0 Å². The van der Waals surface area contributed by atoms with Crippen LogP contribution < -0.4 is 12.4 Å². The van der Waals surface area contributed by atoms with Gasteiger partial charge in [0.1, 0.15) is 0 Å². The van der Waals surface area contributed by atoms with Crippen LogP contribution >= 0.6 is 0 Å². The molecule has 0 heterocycles. The van der Waals surface area contributed by atoms with E-state index in [1.54, 1.807) is 0 Å². The molecule has 1 atom stereocenters. The molecule has 1 nitrogen and oxygen atoms in total. The molecule has 0 N–H and O–H groups in total. The SMILES string of the molecule is CCCCCCCCCCCCCCCCCCC(C)[N+](C)(C)CCCCCCCCCCCCCCCCCC.[Cl-]. The minimum atomic E-state index is 0. The second kappa shape index (κ2) is 35.7. The van der Waals surface area contributed by atoms with E-state index in [1.807, 2.05) is 0 Å². The quantitative estimate of drug-likeness (QED) is 0.0492. The molecule has 0 amide bonds. The van der Waals surface area contributed by atoms with Gasteiger partial charge in [-0.2, -0.15) is 0 Å². The number of hydrogen-bond acceptors (Lipinski definition) is 0.